The smallest absolute Gasteiger partial charge is 0.105 e. The summed E-state index contributed by atoms with van der Waals surface area (Å²) in [5.41, 5.74) is 3.57. The van der Waals surface area contributed by atoms with Gasteiger partial charge < -0.3 is 5.11 Å². The van der Waals surface area contributed by atoms with Crippen LogP contribution in [0.3, 0.4) is 0 Å². The summed E-state index contributed by atoms with van der Waals surface area (Å²) in [7, 11) is 0. The van der Waals surface area contributed by atoms with E-state index in [0.717, 1.165) is 22.3 Å². The summed E-state index contributed by atoms with van der Waals surface area (Å²) >= 11 is 12.1. The first-order valence-corrected chi connectivity index (χ1v) is 5.70. The Hall–Kier alpha value is -1.02. The van der Waals surface area contributed by atoms with Crippen LogP contribution in [0.5, 0.6) is 0 Å². The van der Waals surface area contributed by atoms with Crippen LogP contribution in [0.4, 0.5) is 0 Å². The number of aliphatic hydroxyl groups excluding tert-OH is 1. The molecule has 16 heavy (non-hydrogen) atoms. The summed E-state index contributed by atoms with van der Waals surface area (Å²) in [4.78, 5) is 0. The highest BCUT2D eigenvalue weighted by atomic mass is 35.5. The molecule has 1 aliphatic rings. The molecule has 0 saturated heterocycles. The van der Waals surface area contributed by atoms with Crippen molar-refractivity contribution >= 4 is 23.2 Å². The fourth-order valence-electron chi connectivity index (χ4n) is 2.22. The third-order valence-corrected chi connectivity index (χ3v) is 3.42. The van der Waals surface area contributed by atoms with Crippen LogP contribution >= 0.6 is 23.2 Å². The molecular formula is C13H8Cl2O. The third-order valence-electron chi connectivity index (χ3n) is 2.90. The fraction of sp³-hybridized carbons (Fsp3) is 0.0769. The van der Waals surface area contributed by atoms with Gasteiger partial charge in [0.15, 0.2) is 0 Å². The minimum absolute atomic E-state index is 0.551. The molecule has 3 heteroatoms. The molecule has 0 bridgehead atoms. The lowest BCUT2D eigenvalue weighted by Gasteiger charge is -2.06. The number of hydrogen-bond acceptors (Lipinski definition) is 1. The zero-order valence-electron chi connectivity index (χ0n) is 8.24. The van der Waals surface area contributed by atoms with E-state index in [4.69, 9.17) is 23.2 Å². The minimum atomic E-state index is -0.623. The predicted octanol–water partition coefficient (Wildman–Crippen LogP) is 4.06. The first kappa shape index (κ1) is 10.2. The van der Waals surface area contributed by atoms with E-state index in [2.05, 4.69) is 0 Å². The van der Waals surface area contributed by atoms with Gasteiger partial charge in [0.25, 0.3) is 0 Å². The second-order valence-electron chi connectivity index (χ2n) is 3.84. The Balaban J connectivity index is 2.38. The van der Waals surface area contributed by atoms with Crippen LogP contribution in [0.1, 0.15) is 17.2 Å². The Bertz CT molecular complexity index is 578. The fourth-order valence-corrected chi connectivity index (χ4v) is 2.83. The summed E-state index contributed by atoms with van der Waals surface area (Å²) in [6.07, 6.45) is -0.623. The van der Waals surface area contributed by atoms with Crippen molar-refractivity contribution in [2.75, 3.05) is 0 Å². The van der Waals surface area contributed by atoms with Crippen molar-refractivity contribution in [3.05, 3.63) is 57.6 Å². The van der Waals surface area contributed by atoms with Gasteiger partial charge in [-0.1, -0.05) is 47.5 Å². The van der Waals surface area contributed by atoms with E-state index in [1.54, 1.807) is 12.1 Å². The SMILES string of the molecule is O[C@@H]1c2ccccc2-c2c(Cl)cc(Cl)cc21. The van der Waals surface area contributed by atoms with Crippen molar-refractivity contribution in [3.8, 4) is 11.1 Å². The number of rotatable bonds is 0. The predicted molar refractivity (Wildman–Crippen MR) is 66.0 cm³/mol. The van der Waals surface area contributed by atoms with Crippen molar-refractivity contribution in [1.29, 1.82) is 0 Å². The molecule has 1 nitrogen and oxygen atoms in total. The molecule has 0 spiro atoms. The van der Waals surface area contributed by atoms with Crippen LogP contribution in [-0.2, 0) is 0 Å². The summed E-state index contributed by atoms with van der Waals surface area (Å²) in [6, 6.07) is 11.2. The largest absolute Gasteiger partial charge is 0.384 e. The highest BCUT2D eigenvalue weighted by molar-refractivity contribution is 6.37. The monoisotopic (exact) mass is 250 g/mol. The zero-order valence-corrected chi connectivity index (χ0v) is 9.76. The van der Waals surface area contributed by atoms with E-state index in [1.165, 1.54) is 0 Å². The standard InChI is InChI=1S/C13H8Cl2O/c14-7-5-10-12(11(15)6-7)8-3-1-2-4-9(8)13(10)16/h1-6,13,16H/t13-/m1/s1. The molecule has 80 valence electrons. The Labute approximate surface area is 103 Å². The van der Waals surface area contributed by atoms with E-state index in [0.29, 0.717) is 10.0 Å². The van der Waals surface area contributed by atoms with Gasteiger partial charge in [0.2, 0.25) is 0 Å². The number of aliphatic hydroxyl groups is 1. The molecule has 2 aromatic carbocycles. The van der Waals surface area contributed by atoms with Crippen LogP contribution in [0.15, 0.2) is 36.4 Å². The second kappa shape index (κ2) is 3.49. The molecule has 1 aliphatic carbocycles. The number of halogens is 2. The zero-order chi connectivity index (χ0) is 11.3. The third kappa shape index (κ3) is 1.29. The van der Waals surface area contributed by atoms with Gasteiger partial charge in [0, 0.05) is 10.6 Å². The highest BCUT2D eigenvalue weighted by Gasteiger charge is 2.28. The van der Waals surface area contributed by atoms with Gasteiger partial charge in [-0.3, -0.25) is 0 Å². The summed E-state index contributed by atoms with van der Waals surface area (Å²) in [5, 5.41) is 11.3. The maximum absolute atomic E-state index is 10.2. The van der Waals surface area contributed by atoms with Crippen molar-refractivity contribution in [2.24, 2.45) is 0 Å². The normalized spacial score (nSPS) is 17.1. The van der Waals surface area contributed by atoms with Crippen LogP contribution in [0, 0.1) is 0 Å². The van der Waals surface area contributed by atoms with E-state index in [9.17, 15) is 5.11 Å². The van der Waals surface area contributed by atoms with Gasteiger partial charge in [-0.25, -0.2) is 0 Å². The van der Waals surface area contributed by atoms with E-state index < -0.39 is 6.10 Å². The number of hydrogen-bond donors (Lipinski definition) is 1. The maximum atomic E-state index is 10.2. The Morgan fingerprint density at radius 1 is 1.00 bits per heavy atom. The molecule has 0 aromatic heterocycles. The topological polar surface area (TPSA) is 20.2 Å². The Kier molecular flexibility index (Phi) is 2.21. The van der Waals surface area contributed by atoms with Crippen LogP contribution in [0.2, 0.25) is 10.0 Å². The van der Waals surface area contributed by atoms with Gasteiger partial charge in [-0.05, 0) is 28.8 Å². The average molecular weight is 251 g/mol. The maximum Gasteiger partial charge on any atom is 0.105 e. The lowest BCUT2D eigenvalue weighted by Crippen LogP contribution is -1.93. The lowest BCUT2D eigenvalue weighted by molar-refractivity contribution is 0.225. The molecule has 0 heterocycles. The average Bonchev–Trinajstić information content (AvgIpc) is 2.54. The number of benzene rings is 2. The molecule has 0 amide bonds. The van der Waals surface area contributed by atoms with E-state index >= 15 is 0 Å². The van der Waals surface area contributed by atoms with Crippen molar-refractivity contribution in [3.63, 3.8) is 0 Å². The van der Waals surface area contributed by atoms with Gasteiger partial charge >= 0.3 is 0 Å². The van der Waals surface area contributed by atoms with Crippen molar-refractivity contribution < 1.29 is 5.11 Å². The molecule has 0 fully saturated rings. The Morgan fingerprint density at radius 3 is 2.56 bits per heavy atom. The van der Waals surface area contributed by atoms with E-state index in [1.807, 2.05) is 24.3 Å². The quantitative estimate of drug-likeness (QED) is 0.748. The molecule has 1 N–H and O–H groups in total. The van der Waals surface area contributed by atoms with Crippen molar-refractivity contribution in [2.45, 2.75) is 6.10 Å². The molecule has 2 aromatic rings. The lowest BCUT2D eigenvalue weighted by atomic mass is 10.1. The van der Waals surface area contributed by atoms with Crippen LogP contribution < -0.4 is 0 Å². The molecular weight excluding hydrogens is 243 g/mol. The van der Waals surface area contributed by atoms with Crippen LogP contribution in [0.25, 0.3) is 11.1 Å². The van der Waals surface area contributed by atoms with Gasteiger partial charge in [0.1, 0.15) is 6.10 Å². The molecule has 0 unspecified atom stereocenters. The molecule has 0 aliphatic heterocycles. The van der Waals surface area contributed by atoms with Gasteiger partial charge in [-0.15, -0.1) is 0 Å². The summed E-state index contributed by atoms with van der Waals surface area (Å²) in [6.45, 7) is 0. The minimum Gasteiger partial charge on any atom is -0.384 e. The van der Waals surface area contributed by atoms with Gasteiger partial charge in [0.05, 0.1) is 5.02 Å². The Morgan fingerprint density at radius 2 is 1.75 bits per heavy atom. The molecule has 0 saturated carbocycles. The summed E-state index contributed by atoms with van der Waals surface area (Å²) < 4.78 is 0. The molecule has 0 radical (unpaired) electrons. The summed E-state index contributed by atoms with van der Waals surface area (Å²) in [5.74, 6) is 0. The van der Waals surface area contributed by atoms with Crippen molar-refractivity contribution in [1.82, 2.24) is 0 Å². The van der Waals surface area contributed by atoms with E-state index in [-0.39, 0.29) is 0 Å². The first-order valence-electron chi connectivity index (χ1n) is 4.95. The van der Waals surface area contributed by atoms with Gasteiger partial charge in [-0.2, -0.15) is 0 Å². The highest BCUT2D eigenvalue weighted by Crippen LogP contribution is 2.47. The first-order chi connectivity index (χ1) is 7.68. The second-order valence-corrected chi connectivity index (χ2v) is 4.69. The number of fused-ring (bicyclic) bond motifs is 3. The van der Waals surface area contributed by atoms with Crippen LogP contribution in [-0.4, -0.2) is 5.11 Å². The molecule has 3 rings (SSSR count). The molecule has 1 atom stereocenters.